The number of fused-ring (bicyclic) bond motifs is 9. The molecule has 6 aromatic rings. The number of rotatable bonds is 48. The normalized spacial score (nSPS) is 20.5. The van der Waals surface area contributed by atoms with Crippen molar-refractivity contribution in [2.45, 2.75) is 348 Å². The first-order valence-corrected chi connectivity index (χ1v) is 52.2. The van der Waals surface area contributed by atoms with Gasteiger partial charge in [0.25, 0.3) is 0 Å². The van der Waals surface area contributed by atoms with E-state index in [1.54, 1.807) is 28.7 Å². The molecule has 11 rings (SSSR count). The van der Waals surface area contributed by atoms with Crippen LogP contribution in [0.3, 0.4) is 0 Å². The highest BCUT2D eigenvalue weighted by molar-refractivity contribution is 7.32. The summed E-state index contributed by atoms with van der Waals surface area (Å²) in [5.74, 6) is 11.2. The maximum absolute atomic E-state index is 10.1. The van der Waals surface area contributed by atoms with E-state index >= 15 is 0 Å². The molecule has 6 aromatic heterocycles. The van der Waals surface area contributed by atoms with Gasteiger partial charge in [-0.2, -0.15) is 0 Å². The van der Waals surface area contributed by atoms with E-state index in [4.69, 9.17) is 32.8 Å². The molecule has 672 valence electrons. The van der Waals surface area contributed by atoms with Crippen LogP contribution in [-0.2, 0) is 35.4 Å². The lowest BCUT2D eigenvalue weighted by atomic mass is 9.76. The zero-order chi connectivity index (χ0) is 87.3. The molecule has 6 N–H and O–H groups in total. The summed E-state index contributed by atoms with van der Waals surface area (Å²) in [6.07, 6.45) is 35.8. The first kappa shape index (κ1) is 101. The third-order valence-electron chi connectivity index (χ3n) is 26.4. The summed E-state index contributed by atoms with van der Waals surface area (Å²) < 4.78 is 49.2. The first-order chi connectivity index (χ1) is 57.0. The van der Waals surface area contributed by atoms with Crippen molar-refractivity contribution in [2.75, 3.05) is 39.6 Å². The highest BCUT2D eigenvalue weighted by atomic mass is 32.1. The van der Waals surface area contributed by atoms with Crippen molar-refractivity contribution >= 4 is 116 Å². The fraction of sp³-hybridized carbons (Fsp3) is 0.753. The van der Waals surface area contributed by atoms with E-state index in [1.165, 1.54) is 177 Å². The number of hydrogen-bond acceptors (Lipinski definition) is 19. The molecule has 2 saturated heterocycles. The Labute approximate surface area is 752 Å². The zero-order valence-electron chi connectivity index (χ0n) is 77.8. The highest BCUT2D eigenvalue weighted by Crippen LogP contribution is 2.58. The zero-order valence-corrected chi connectivity index (χ0v) is 82.7. The molecule has 6 atom stereocenters. The van der Waals surface area contributed by atoms with Crippen LogP contribution in [0.4, 0.5) is 0 Å². The van der Waals surface area contributed by atoms with E-state index < -0.39 is 45.1 Å². The summed E-state index contributed by atoms with van der Waals surface area (Å²) in [5.41, 5.74) is 1.84. The van der Waals surface area contributed by atoms with Crippen LogP contribution < -0.4 is 33.3 Å². The highest BCUT2D eigenvalue weighted by Gasteiger charge is 2.50. The van der Waals surface area contributed by atoms with Gasteiger partial charge < -0.3 is 63.1 Å². The second kappa shape index (κ2) is 47.7. The van der Waals surface area contributed by atoms with Gasteiger partial charge in [0.15, 0.2) is 0 Å². The maximum atomic E-state index is 10.1. The molecule has 2 fully saturated rings. The van der Waals surface area contributed by atoms with Crippen molar-refractivity contribution < 1.29 is 63.1 Å². The molecule has 5 aliphatic rings. The molecule has 0 radical (unpaired) electrons. The Balaban J connectivity index is 0.000000211. The van der Waals surface area contributed by atoms with Gasteiger partial charge in [0.05, 0.1) is 42.5 Å². The fourth-order valence-electron chi connectivity index (χ4n) is 18.0. The van der Waals surface area contributed by atoms with E-state index in [0.717, 1.165) is 153 Å². The van der Waals surface area contributed by atoms with Crippen LogP contribution in [0.1, 0.15) is 348 Å². The largest absolute Gasteiger partial charge is 0.504 e. The quantitative estimate of drug-likeness (QED) is 0.0198. The summed E-state index contributed by atoms with van der Waals surface area (Å²) in [6.45, 7) is 48.0. The molecule has 13 nitrogen and oxygen atoms in total. The summed E-state index contributed by atoms with van der Waals surface area (Å²) in [6, 6.07) is 12.7. The van der Waals surface area contributed by atoms with Gasteiger partial charge in [-0.25, -0.2) is 0 Å². The van der Waals surface area contributed by atoms with Crippen molar-refractivity contribution in [3.05, 3.63) is 63.8 Å². The maximum Gasteiger partial charge on any atom is 0.504 e. The minimum absolute atomic E-state index is 0.0299. The van der Waals surface area contributed by atoms with Gasteiger partial charge in [-0.3, -0.25) is 0 Å². The average Bonchev–Trinajstić information content (AvgIpc) is 1.57. The number of hydrogen-bond donors (Lipinski definition) is 6. The van der Waals surface area contributed by atoms with Crippen molar-refractivity contribution in [1.82, 2.24) is 0 Å². The topological polar surface area (TPSA) is 186 Å². The second-order valence-corrected chi connectivity index (χ2v) is 47.6. The molecular formula is C97H158B4O13S6. The van der Waals surface area contributed by atoms with Crippen molar-refractivity contribution in [2.24, 2.45) is 81.8 Å². The molecule has 6 unspecified atom stereocenters. The molecule has 0 bridgehead atoms. The van der Waals surface area contributed by atoms with Gasteiger partial charge >= 0.3 is 28.5 Å². The Morgan fingerprint density at radius 2 is 0.617 bits per heavy atom. The Morgan fingerprint density at radius 1 is 0.325 bits per heavy atom. The van der Waals surface area contributed by atoms with Crippen LogP contribution in [0, 0.1) is 81.8 Å². The fourth-order valence-corrected chi connectivity index (χ4v) is 24.7. The van der Waals surface area contributed by atoms with Gasteiger partial charge in [0.2, 0.25) is 0 Å². The first-order valence-electron chi connectivity index (χ1n) is 47.2. The third-order valence-corrected chi connectivity index (χ3v) is 33.4. The smallest absolute Gasteiger partial charge is 0.481 e. The summed E-state index contributed by atoms with van der Waals surface area (Å²) in [4.78, 5) is 7.02. The standard InChI is InChI=1S/C39H64B2O7S2.C29H48B2O5S2.C29H46OS2/c1-27(2)11-9-13-29(5)15-17-39(18-16-30(6)14-10-12-28(3)4)31-19-33(40-44-23-37(7,21-42)24-45-40)49-35(31)36-32(48-39)20-34(50-36)41-46-25-38(8,22-43)26-47-41;1-19(2)9-7-11-21(5)13-15-29(16-14-22(6)12-8-10-20(3)4)23-17-25(30(32)33)37-27(23)28-24(36-29)18-26(38-28)31(34)35;1-21(2)9-7-11-23(5)13-17-29(18-14-24(6)12-8-10-22(3)4)25-15-19-31-27(25)28-26(30-29)16-20-32-28/h19-20,27-30,42-43H,9-18,21-26H2,1-8H3;17-22,32-35H,7-16H2,1-6H3;15-16,19-24H,7-14,17-18H2,1-6H3. The molecule has 0 amide bonds. The molecule has 23 heteroatoms. The Bertz CT molecular complexity index is 3850. The van der Waals surface area contributed by atoms with Crippen molar-refractivity contribution in [3.63, 3.8) is 0 Å². The number of aliphatic hydroxyl groups is 2. The number of thiophene rings is 6. The monoisotopic (exact) mass is 1770 g/mol. The Kier molecular flexibility index (Phi) is 40.2. The van der Waals surface area contributed by atoms with Gasteiger partial charge in [0.1, 0.15) is 34.1 Å². The van der Waals surface area contributed by atoms with Crippen LogP contribution in [0.2, 0.25) is 0 Å². The van der Waals surface area contributed by atoms with Gasteiger partial charge in [0, 0.05) is 73.1 Å². The molecule has 5 aliphatic heterocycles. The van der Waals surface area contributed by atoms with E-state index in [2.05, 4.69) is 160 Å². The van der Waals surface area contributed by atoms with Crippen LogP contribution in [0.15, 0.2) is 47.2 Å². The average molecular weight is 1770 g/mol. The predicted octanol–water partition coefficient (Wildman–Crippen LogP) is 24.5. The summed E-state index contributed by atoms with van der Waals surface area (Å²) in [7, 11) is -4.04. The summed E-state index contributed by atoms with van der Waals surface area (Å²) >= 11 is 9.89. The van der Waals surface area contributed by atoms with Crippen LogP contribution in [0.25, 0.3) is 29.3 Å². The molecular weight excluding hydrogens is 1610 g/mol. The van der Waals surface area contributed by atoms with E-state index in [1.807, 2.05) is 42.6 Å². The number of ether oxygens (including phenoxy) is 3. The predicted molar refractivity (Wildman–Crippen MR) is 517 cm³/mol. The van der Waals surface area contributed by atoms with Crippen LogP contribution in [-0.4, -0.2) is 98.4 Å². The SMILES string of the molecule is CC(C)CCCC(C)CCC1(CCC(C)CCCC(C)C)Oc2cc(B(O)O)sc2-c2sc(B(O)O)cc21.CC(C)CCCC(C)CCC1(CCC(C)CCCC(C)C)Oc2cc(B3OCC(C)(CO)CO3)sc2-c2sc(B3OCC(C)(CO)CO3)cc21.CC(C)CCCC(C)CCC1(CCC(C)CCCC(C)C)Oc2ccsc2-c2sccc21. The lowest BCUT2D eigenvalue weighted by molar-refractivity contribution is -0.0145. The van der Waals surface area contributed by atoms with Crippen LogP contribution >= 0.6 is 68.0 Å². The number of aliphatic hydroxyl groups excluding tert-OH is 2. The van der Waals surface area contributed by atoms with Gasteiger partial charge in [-0.1, -0.05) is 254 Å². The van der Waals surface area contributed by atoms with E-state index in [0.29, 0.717) is 65.4 Å². The lowest BCUT2D eigenvalue weighted by Crippen LogP contribution is -2.49. The molecule has 0 aromatic carbocycles. The molecule has 0 spiro atoms. The van der Waals surface area contributed by atoms with Crippen LogP contribution in [0.5, 0.6) is 17.2 Å². The molecule has 120 heavy (non-hydrogen) atoms. The molecule has 0 aliphatic carbocycles. The minimum Gasteiger partial charge on any atom is -0.481 e. The van der Waals surface area contributed by atoms with Crippen molar-refractivity contribution in [3.8, 4) is 46.5 Å². The van der Waals surface area contributed by atoms with E-state index in [9.17, 15) is 30.3 Å². The molecule has 0 saturated carbocycles. The second-order valence-electron chi connectivity index (χ2n) is 41.4. The van der Waals surface area contributed by atoms with Crippen molar-refractivity contribution in [1.29, 1.82) is 0 Å². The lowest BCUT2D eigenvalue weighted by Gasteiger charge is -2.39. The summed E-state index contributed by atoms with van der Waals surface area (Å²) in [5, 5.41) is 64.1. The Hall–Kier alpha value is -2.54. The van der Waals surface area contributed by atoms with Gasteiger partial charge in [-0.15, -0.1) is 68.0 Å². The third kappa shape index (κ3) is 29.0. The Morgan fingerprint density at radius 3 is 0.983 bits per heavy atom. The van der Waals surface area contributed by atoms with E-state index in [-0.39, 0.29) is 24.2 Å². The molecule has 11 heterocycles. The van der Waals surface area contributed by atoms with Gasteiger partial charge in [-0.05, 0) is 195 Å². The minimum atomic E-state index is -1.56.